The van der Waals surface area contributed by atoms with E-state index < -0.39 is 17.6 Å². The highest BCUT2D eigenvalue weighted by molar-refractivity contribution is 5.87. The summed E-state index contributed by atoms with van der Waals surface area (Å²) >= 11 is 0. The molecule has 0 aromatic heterocycles. The molecule has 0 saturated carbocycles. The third-order valence-corrected chi connectivity index (χ3v) is 2.28. The average Bonchev–Trinajstić information content (AvgIpc) is 2.07. The first-order valence-corrected chi connectivity index (χ1v) is 5.76. The zero-order valence-electron chi connectivity index (χ0n) is 11.3. The van der Waals surface area contributed by atoms with Crippen LogP contribution in [0.25, 0.3) is 0 Å². The van der Waals surface area contributed by atoms with Crippen LogP contribution < -0.4 is 11.1 Å². The van der Waals surface area contributed by atoms with Crippen LogP contribution in [-0.4, -0.2) is 34.0 Å². The van der Waals surface area contributed by atoms with E-state index in [-0.39, 0.29) is 24.2 Å². The van der Waals surface area contributed by atoms with Crippen LogP contribution in [0.1, 0.15) is 47.5 Å². The highest BCUT2D eigenvalue weighted by atomic mass is 16.4. The maximum Gasteiger partial charge on any atom is 0.320 e. The van der Waals surface area contributed by atoms with Gasteiger partial charge in [0.05, 0.1) is 5.54 Å². The van der Waals surface area contributed by atoms with Crippen molar-refractivity contribution >= 4 is 11.8 Å². The Morgan fingerprint density at radius 3 is 2.00 bits per heavy atom. The molecule has 0 radical (unpaired) electrons. The SMILES string of the molecule is CC(C)(C)NC(CCC(=O)C(C)(C)N)C(=O)O. The van der Waals surface area contributed by atoms with E-state index >= 15 is 0 Å². The van der Waals surface area contributed by atoms with Crippen molar-refractivity contribution in [2.45, 2.75) is 64.6 Å². The summed E-state index contributed by atoms with van der Waals surface area (Å²) < 4.78 is 0. The summed E-state index contributed by atoms with van der Waals surface area (Å²) in [6.07, 6.45) is 0.426. The van der Waals surface area contributed by atoms with Crippen LogP contribution in [0.3, 0.4) is 0 Å². The number of Topliss-reactive ketones (excluding diaryl/α,β-unsaturated/α-hetero) is 1. The van der Waals surface area contributed by atoms with Crippen LogP contribution in [0.2, 0.25) is 0 Å². The molecule has 4 N–H and O–H groups in total. The van der Waals surface area contributed by atoms with Gasteiger partial charge in [-0.3, -0.25) is 14.9 Å². The van der Waals surface area contributed by atoms with Gasteiger partial charge in [0.2, 0.25) is 0 Å². The summed E-state index contributed by atoms with van der Waals surface area (Å²) in [6.45, 7) is 8.91. The Morgan fingerprint density at radius 1 is 1.24 bits per heavy atom. The zero-order chi connectivity index (χ0) is 13.9. The van der Waals surface area contributed by atoms with E-state index in [9.17, 15) is 9.59 Å². The normalized spacial score (nSPS) is 14.5. The molecule has 1 atom stereocenters. The van der Waals surface area contributed by atoms with Crippen LogP contribution in [0.4, 0.5) is 0 Å². The predicted octanol–water partition coefficient (Wildman–Crippen LogP) is 0.914. The van der Waals surface area contributed by atoms with Gasteiger partial charge in [0.15, 0.2) is 5.78 Å². The summed E-state index contributed by atoms with van der Waals surface area (Å²) in [5.74, 6) is -1.07. The summed E-state index contributed by atoms with van der Waals surface area (Å²) in [4.78, 5) is 22.6. The second-order valence-corrected chi connectivity index (χ2v) is 5.97. The highest BCUT2D eigenvalue weighted by Crippen LogP contribution is 2.10. The number of hydrogen-bond donors (Lipinski definition) is 3. The van der Waals surface area contributed by atoms with Crippen molar-refractivity contribution in [2.24, 2.45) is 5.73 Å². The lowest BCUT2D eigenvalue weighted by atomic mass is 9.94. The molecule has 1 unspecified atom stereocenters. The molecular formula is C12H24N2O3. The minimum absolute atomic E-state index is 0.126. The first-order valence-electron chi connectivity index (χ1n) is 5.76. The Kier molecular flexibility index (Phi) is 5.29. The molecule has 0 amide bonds. The van der Waals surface area contributed by atoms with Crippen molar-refractivity contribution in [1.29, 1.82) is 0 Å². The van der Waals surface area contributed by atoms with E-state index in [1.54, 1.807) is 13.8 Å². The second kappa shape index (κ2) is 5.60. The Balaban J connectivity index is 4.40. The summed E-state index contributed by atoms with van der Waals surface area (Å²) in [6, 6.07) is -0.721. The minimum Gasteiger partial charge on any atom is -0.480 e. The predicted molar refractivity (Wildman–Crippen MR) is 66.8 cm³/mol. The molecule has 0 aliphatic heterocycles. The topological polar surface area (TPSA) is 92.4 Å². The smallest absolute Gasteiger partial charge is 0.320 e. The molecule has 100 valence electrons. The standard InChI is InChI=1S/C12H24N2O3/c1-11(2,3)14-8(10(16)17)6-7-9(15)12(4,5)13/h8,14H,6-7,13H2,1-5H3,(H,16,17). The number of hydrogen-bond acceptors (Lipinski definition) is 4. The molecule has 0 aromatic rings. The molecule has 0 aromatic carbocycles. The molecule has 0 rings (SSSR count). The van der Waals surface area contributed by atoms with E-state index in [2.05, 4.69) is 5.32 Å². The number of nitrogens with two attached hydrogens (primary N) is 1. The van der Waals surface area contributed by atoms with Gasteiger partial charge in [-0.25, -0.2) is 0 Å². The first kappa shape index (κ1) is 16.1. The maximum atomic E-state index is 11.6. The molecule has 0 bridgehead atoms. The van der Waals surface area contributed by atoms with E-state index in [4.69, 9.17) is 10.8 Å². The maximum absolute atomic E-state index is 11.6. The fraction of sp³-hybridized carbons (Fsp3) is 0.833. The lowest BCUT2D eigenvalue weighted by Crippen LogP contribution is -2.49. The first-order chi connectivity index (χ1) is 7.43. The van der Waals surface area contributed by atoms with Gasteiger partial charge in [0.1, 0.15) is 6.04 Å². The molecule has 0 heterocycles. The van der Waals surface area contributed by atoms with Gasteiger partial charge in [0.25, 0.3) is 0 Å². The number of nitrogens with one attached hydrogen (secondary N) is 1. The van der Waals surface area contributed by atoms with Crippen LogP contribution in [0.5, 0.6) is 0 Å². The largest absolute Gasteiger partial charge is 0.480 e. The number of carbonyl (C=O) groups is 2. The lowest BCUT2D eigenvalue weighted by Gasteiger charge is -2.26. The lowest BCUT2D eigenvalue weighted by molar-refractivity contribution is -0.140. The van der Waals surface area contributed by atoms with Crippen molar-refractivity contribution in [2.75, 3.05) is 0 Å². The Hall–Kier alpha value is -0.940. The van der Waals surface area contributed by atoms with Gasteiger partial charge in [0, 0.05) is 12.0 Å². The molecular weight excluding hydrogens is 220 g/mol. The van der Waals surface area contributed by atoms with E-state index in [0.717, 1.165) is 0 Å². The number of aliphatic carboxylic acids is 1. The average molecular weight is 244 g/mol. The highest BCUT2D eigenvalue weighted by Gasteiger charge is 2.27. The number of ketones is 1. The van der Waals surface area contributed by atoms with Gasteiger partial charge < -0.3 is 10.8 Å². The van der Waals surface area contributed by atoms with Crippen LogP contribution in [-0.2, 0) is 9.59 Å². The van der Waals surface area contributed by atoms with Crippen molar-refractivity contribution in [3.63, 3.8) is 0 Å². The number of carbonyl (C=O) groups excluding carboxylic acids is 1. The van der Waals surface area contributed by atoms with Crippen LogP contribution >= 0.6 is 0 Å². The number of carboxylic acid groups (broad SMARTS) is 1. The minimum atomic E-state index is -0.942. The van der Waals surface area contributed by atoms with Crippen molar-refractivity contribution in [3.8, 4) is 0 Å². The van der Waals surface area contributed by atoms with Crippen LogP contribution in [0, 0.1) is 0 Å². The van der Waals surface area contributed by atoms with Gasteiger partial charge in [-0.1, -0.05) is 0 Å². The van der Waals surface area contributed by atoms with Crippen molar-refractivity contribution < 1.29 is 14.7 Å². The van der Waals surface area contributed by atoms with Crippen molar-refractivity contribution in [1.82, 2.24) is 5.32 Å². The van der Waals surface area contributed by atoms with Crippen molar-refractivity contribution in [3.05, 3.63) is 0 Å². The Bertz CT molecular complexity index is 287. The fourth-order valence-electron chi connectivity index (χ4n) is 1.38. The number of carboxylic acids is 1. The molecule has 0 aliphatic rings. The molecule has 0 aliphatic carbocycles. The fourth-order valence-corrected chi connectivity index (χ4v) is 1.38. The van der Waals surface area contributed by atoms with E-state index in [1.807, 2.05) is 20.8 Å². The molecule has 0 spiro atoms. The summed E-state index contributed by atoms with van der Waals surface area (Å²) in [5.41, 5.74) is 4.45. The summed E-state index contributed by atoms with van der Waals surface area (Å²) in [5, 5.41) is 12.0. The Morgan fingerprint density at radius 2 is 1.71 bits per heavy atom. The molecule has 5 heteroatoms. The van der Waals surface area contributed by atoms with Gasteiger partial charge in [-0.2, -0.15) is 0 Å². The van der Waals surface area contributed by atoms with Gasteiger partial charge in [-0.05, 0) is 41.0 Å². The molecule has 0 saturated heterocycles. The zero-order valence-corrected chi connectivity index (χ0v) is 11.3. The van der Waals surface area contributed by atoms with Gasteiger partial charge >= 0.3 is 5.97 Å². The Labute approximate surface area is 103 Å². The molecule has 0 fully saturated rings. The summed E-state index contributed by atoms with van der Waals surface area (Å²) in [7, 11) is 0. The van der Waals surface area contributed by atoms with Crippen LogP contribution in [0.15, 0.2) is 0 Å². The third kappa shape index (κ3) is 7.07. The number of rotatable bonds is 6. The van der Waals surface area contributed by atoms with E-state index in [0.29, 0.717) is 0 Å². The van der Waals surface area contributed by atoms with E-state index in [1.165, 1.54) is 0 Å². The quantitative estimate of drug-likeness (QED) is 0.646. The monoisotopic (exact) mass is 244 g/mol. The second-order valence-electron chi connectivity index (χ2n) is 5.97. The molecule has 5 nitrogen and oxygen atoms in total. The van der Waals surface area contributed by atoms with Gasteiger partial charge in [-0.15, -0.1) is 0 Å². The third-order valence-electron chi connectivity index (χ3n) is 2.28. The molecule has 17 heavy (non-hydrogen) atoms.